The number of halogens is 5. The molecule has 0 radical (unpaired) electrons. The summed E-state index contributed by atoms with van der Waals surface area (Å²) in [5.74, 6) is 0. The smallest absolute Gasteiger partial charge is 0.128 e. The van der Waals surface area contributed by atoms with Crippen molar-refractivity contribution < 1.29 is 0 Å². The molecular formula is C36H81I5Si7. The highest BCUT2D eigenvalue weighted by atomic mass is 127. The maximum absolute atomic E-state index is 3.69. The van der Waals surface area contributed by atoms with E-state index in [2.05, 4.69) is 296 Å². The largest absolute Gasteiger partial charge is 0.187 e. The molecule has 0 bridgehead atoms. The van der Waals surface area contributed by atoms with E-state index < -0.39 is 37.2 Å². The summed E-state index contributed by atoms with van der Waals surface area (Å²) < 4.78 is -8.42. The van der Waals surface area contributed by atoms with Gasteiger partial charge in [0, 0.05) is 0 Å². The Kier molecular flexibility index (Phi) is 14.2. The lowest BCUT2D eigenvalue weighted by molar-refractivity contribution is 0.550. The molecule has 0 nitrogen and oxygen atoms in total. The van der Waals surface area contributed by atoms with Gasteiger partial charge in [-0.2, -0.15) is 0 Å². The highest BCUT2D eigenvalue weighted by Gasteiger charge is 3.06. The normalized spacial score (nSPS) is 28.0. The Labute approximate surface area is 372 Å². The summed E-state index contributed by atoms with van der Waals surface area (Å²) in [6.07, 6.45) is 0. The number of hydrogen-bond donors (Lipinski definition) is 0. The summed E-state index contributed by atoms with van der Waals surface area (Å²) in [5.41, 5.74) is 0. The van der Waals surface area contributed by atoms with E-state index in [0.29, 0.717) is 45.3 Å². The molecule has 1 fully saturated rings. The molecule has 1 aliphatic rings. The lowest BCUT2D eigenvalue weighted by Crippen LogP contribution is -3.17. The van der Waals surface area contributed by atoms with Crippen LogP contribution in [0.25, 0.3) is 0 Å². The second-order valence-corrected chi connectivity index (χ2v) is 165. The van der Waals surface area contributed by atoms with E-state index in [1.165, 1.54) is 0 Å². The van der Waals surface area contributed by atoms with Crippen molar-refractivity contribution in [3.63, 3.8) is 0 Å². The Hall–Kier alpha value is 5.17. The Morgan fingerprint density at radius 3 is 0.438 bits per heavy atom. The van der Waals surface area contributed by atoms with Gasteiger partial charge in [-0.15, -0.1) is 109 Å². The van der Waals surface area contributed by atoms with Crippen molar-refractivity contribution in [1.82, 2.24) is 0 Å². The number of hydrogen-bond acceptors (Lipinski definition) is 0. The molecule has 1 rings (SSSR count). The van der Waals surface area contributed by atoms with Gasteiger partial charge in [0.15, 0.2) is 2.10 Å². The maximum atomic E-state index is 3.69. The molecule has 1 unspecified atom stereocenters. The van der Waals surface area contributed by atoms with Gasteiger partial charge >= 0.3 is 0 Å². The molecule has 1 heterocycles. The fourth-order valence-corrected chi connectivity index (χ4v) is 804. The van der Waals surface area contributed by atoms with Crippen LogP contribution in [0, 0.1) is 0 Å². The zero-order valence-electron chi connectivity index (χ0n) is 36.9. The van der Waals surface area contributed by atoms with E-state index in [9.17, 15) is 0 Å². The van der Waals surface area contributed by atoms with Crippen molar-refractivity contribution in [2.75, 3.05) is 0 Å². The molecule has 1 aliphatic heterocycles. The van der Waals surface area contributed by atoms with Crippen molar-refractivity contribution >= 4 is 146 Å². The molecule has 12 heteroatoms. The van der Waals surface area contributed by atoms with Gasteiger partial charge in [-0.1, -0.05) is 187 Å². The van der Waals surface area contributed by atoms with Gasteiger partial charge in [-0.25, -0.2) is 0 Å². The van der Waals surface area contributed by atoms with E-state index >= 15 is 0 Å². The maximum Gasteiger partial charge on any atom is 0.187 e. The summed E-state index contributed by atoms with van der Waals surface area (Å²) >= 11 is 17.9. The van der Waals surface area contributed by atoms with Crippen LogP contribution < -0.4 is 0 Å². The molecule has 48 heavy (non-hydrogen) atoms. The van der Waals surface area contributed by atoms with Crippen LogP contribution in [0.15, 0.2) is 0 Å². The molecule has 0 aromatic rings. The molecule has 0 aromatic heterocycles. The van der Waals surface area contributed by atoms with Gasteiger partial charge < -0.3 is 0 Å². The Bertz CT molecular complexity index is 1040. The lowest BCUT2D eigenvalue weighted by atomic mass is 10.2. The van der Waals surface area contributed by atoms with E-state index in [1.54, 1.807) is 0 Å². The second kappa shape index (κ2) is 13.3. The zero-order valence-corrected chi connectivity index (χ0v) is 54.7. The zero-order chi connectivity index (χ0) is 40.0. The minimum Gasteiger partial charge on any atom is -0.128 e. The average molecular weight is 1350 g/mol. The molecule has 0 aliphatic carbocycles. The Morgan fingerprint density at radius 1 is 0.229 bits per heavy atom. The topological polar surface area (TPSA) is 0 Å². The Morgan fingerprint density at radius 2 is 0.333 bits per heavy atom. The summed E-state index contributed by atoms with van der Waals surface area (Å²) in [4.78, 5) is 0. The van der Waals surface area contributed by atoms with Crippen molar-refractivity contribution in [1.29, 1.82) is 0 Å². The fourth-order valence-electron chi connectivity index (χ4n) is 17.1. The quantitative estimate of drug-likeness (QED) is 0.150. The number of rotatable bonds is 3. The van der Waals surface area contributed by atoms with Crippen LogP contribution in [0.5, 0.6) is 0 Å². The third-order valence-electron chi connectivity index (χ3n) is 13.5. The molecule has 288 valence electrons. The first kappa shape index (κ1) is 51.2. The van der Waals surface area contributed by atoms with Crippen molar-refractivity contribution in [2.45, 2.75) is 232 Å². The first-order valence-corrected chi connectivity index (χ1v) is 55.0. The predicted octanol–water partition coefficient (Wildman–Crippen LogP) is 17.5. The first-order chi connectivity index (χ1) is 20.0. The lowest BCUT2D eigenvalue weighted by Gasteiger charge is -2.90. The Balaban J connectivity index is 5.63. The fraction of sp³-hybridized carbons (Fsp3) is 1.00. The molecular weight excluding hydrogens is 1260 g/mol. The molecule has 0 spiro atoms. The van der Waals surface area contributed by atoms with E-state index in [0.717, 1.165) is 0 Å². The summed E-state index contributed by atoms with van der Waals surface area (Å²) in [5, 5.41) is 2.75. The average Bonchev–Trinajstić information content (AvgIpc) is 2.63. The summed E-state index contributed by atoms with van der Waals surface area (Å²) in [7, 11) is -6.64. The van der Waals surface area contributed by atoms with Crippen LogP contribution >= 0.6 is 109 Å². The SMILES string of the molecule is CC(C)(C)[Si](C(C)(C)C)(C(C)(C)C)[Si]1(I)[Si@@](I)([Si](C(C)(C)C)(C(C)(C)C)C(C)(C)C)[Si](I)(I)[Si@@]1(I)[Si](C(C)(C)C)(C(C)(C)C)C(C)(C)C. The summed E-state index contributed by atoms with van der Waals surface area (Å²) in [6.45, 7) is 75.1. The van der Waals surface area contributed by atoms with Crippen LogP contribution in [0.4, 0.5) is 0 Å². The molecule has 1 saturated heterocycles. The second-order valence-electron chi connectivity index (χ2n) is 25.0. The monoisotopic (exact) mass is 1340 g/mol. The van der Waals surface area contributed by atoms with Crippen LogP contribution in [-0.2, 0) is 0 Å². The van der Waals surface area contributed by atoms with Crippen LogP contribution in [-0.4, -0.2) is 37.2 Å². The van der Waals surface area contributed by atoms with Gasteiger partial charge in [-0.3, -0.25) is 0 Å². The standard InChI is InChI=1S/C36H81I5Si7/c1-28(2,3)42(29(4,5)6,30(7,8)9)46(39)45(37,38)47(40,43(31(10,11)12,32(13,14)15)33(16,17)18)48(46,41)44(34(19,20)21,35(22,23)24)36(25,26)27/h1-27H3/t46-,47+,48?. The molecule has 0 amide bonds. The van der Waals surface area contributed by atoms with Crippen molar-refractivity contribution in [3.8, 4) is 0 Å². The van der Waals surface area contributed by atoms with Gasteiger partial charge in [-0.05, 0) is 45.3 Å². The molecule has 0 saturated carbocycles. The molecule has 0 aromatic carbocycles. The van der Waals surface area contributed by atoms with Crippen molar-refractivity contribution in [2.24, 2.45) is 0 Å². The van der Waals surface area contributed by atoms with E-state index in [1.807, 2.05) is 0 Å². The van der Waals surface area contributed by atoms with Crippen LogP contribution in [0.3, 0.4) is 0 Å². The van der Waals surface area contributed by atoms with Crippen molar-refractivity contribution in [3.05, 3.63) is 0 Å². The van der Waals surface area contributed by atoms with Crippen LogP contribution in [0.1, 0.15) is 187 Å². The minimum absolute atomic E-state index is 0.295. The highest BCUT2D eigenvalue weighted by Crippen LogP contribution is 2.88. The van der Waals surface area contributed by atoms with Crippen LogP contribution in [0.2, 0.25) is 45.3 Å². The van der Waals surface area contributed by atoms with E-state index in [4.69, 9.17) is 0 Å². The molecule has 3 atom stereocenters. The van der Waals surface area contributed by atoms with Gasteiger partial charge in [0.2, 0.25) is 0 Å². The third-order valence-corrected chi connectivity index (χ3v) is 408. The minimum atomic E-state index is -2.26. The van der Waals surface area contributed by atoms with Gasteiger partial charge in [0.25, 0.3) is 0 Å². The van der Waals surface area contributed by atoms with Gasteiger partial charge in [0.05, 0.1) is 22.8 Å². The van der Waals surface area contributed by atoms with Gasteiger partial charge in [0.1, 0.15) is 12.4 Å². The third kappa shape index (κ3) is 5.79. The van der Waals surface area contributed by atoms with E-state index in [-0.39, 0.29) is 0 Å². The predicted molar refractivity (Wildman–Crippen MR) is 288 cm³/mol. The molecule has 0 N–H and O–H groups in total. The summed E-state index contributed by atoms with van der Waals surface area (Å²) in [6, 6.07) is 0. The first-order valence-electron chi connectivity index (χ1n) is 18.4. The highest BCUT2D eigenvalue weighted by molar-refractivity contribution is 14.3.